The zero-order chi connectivity index (χ0) is 30.9. The van der Waals surface area contributed by atoms with Crippen LogP contribution in [0.25, 0.3) is 17.2 Å². The largest absolute Gasteiger partial charge is 0.516 e. The van der Waals surface area contributed by atoms with Gasteiger partial charge in [-0.3, -0.25) is 0 Å². The van der Waals surface area contributed by atoms with Crippen molar-refractivity contribution in [1.82, 2.24) is 4.98 Å². The summed E-state index contributed by atoms with van der Waals surface area (Å²) in [6.07, 6.45) is 30.5. The first-order valence-electron chi connectivity index (χ1n) is 16.9. The van der Waals surface area contributed by atoms with Crippen LogP contribution in [0.1, 0.15) is 110 Å². The van der Waals surface area contributed by atoms with Gasteiger partial charge >= 0.3 is 0 Å². The molecule has 8 bridgehead atoms. The lowest BCUT2D eigenvalue weighted by atomic mass is 10.0. The lowest BCUT2D eigenvalue weighted by molar-refractivity contribution is 0.474. The van der Waals surface area contributed by atoms with Crippen molar-refractivity contribution >= 4 is 34.4 Å². The lowest BCUT2D eigenvalue weighted by Gasteiger charge is -2.11. The number of unbranched alkanes of at least 4 members (excludes halogenated alkanes) is 4. The summed E-state index contributed by atoms with van der Waals surface area (Å²) in [6, 6.07) is 2.23. The molecule has 0 atom stereocenters. The summed E-state index contributed by atoms with van der Waals surface area (Å²) >= 11 is 0. The Balaban J connectivity index is 1.85. The second-order valence-corrected chi connectivity index (χ2v) is 12.0. The maximum absolute atomic E-state index is 9.58. The van der Waals surface area contributed by atoms with Crippen molar-refractivity contribution in [2.75, 3.05) is 0 Å². The second kappa shape index (κ2) is 15.1. The molecule has 5 rings (SSSR count). The summed E-state index contributed by atoms with van der Waals surface area (Å²) in [5.41, 5.74) is 12.1. The minimum absolute atomic E-state index is 0.915. The van der Waals surface area contributed by atoms with Gasteiger partial charge in [0.2, 0.25) is 0 Å². The highest BCUT2D eigenvalue weighted by molar-refractivity contribution is 6.26. The monoisotopic (exact) mass is 588 g/mol. The zero-order valence-electron chi connectivity index (χ0n) is 27.0. The average molecular weight is 589 g/mol. The average Bonchev–Trinajstić information content (AvgIpc) is 3.85. The highest BCUT2D eigenvalue weighted by Gasteiger charge is 2.23. The number of aromatic amines is 1. The number of allylic oxidation sites excluding steroid dienone is 10. The summed E-state index contributed by atoms with van der Waals surface area (Å²) in [5, 5.41) is 11.7. The van der Waals surface area contributed by atoms with Crippen molar-refractivity contribution in [3.63, 3.8) is 0 Å². The van der Waals surface area contributed by atoms with Crippen LogP contribution in [0, 0.1) is 0 Å². The highest BCUT2D eigenvalue weighted by atomic mass is 16.2. The van der Waals surface area contributed by atoms with Gasteiger partial charge < -0.3 is 10.1 Å². The molecule has 0 saturated carbocycles. The number of aliphatic imine (C=N–C) groups is 3. The first kappa shape index (κ1) is 31.4. The van der Waals surface area contributed by atoms with Gasteiger partial charge in [-0.2, -0.15) is 0 Å². The van der Waals surface area contributed by atoms with Crippen molar-refractivity contribution < 1.29 is 5.11 Å². The van der Waals surface area contributed by atoms with Crippen LogP contribution >= 0.6 is 0 Å². The van der Waals surface area contributed by atoms with E-state index in [1.807, 2.05) is 6.08 Å². The number of aliphatic hydroxyl groups is 1. The molecule has 1 aromatic heterocycles. The standard InChI is InChI=1S/C39H48N4O/c1-5-9-15-28-32-19-20-33(40-32)29(16-10-6-2)35-23-24-37(42-35)31(18-12-8-4)39-27(14-13-25-44)26-38(43-39)30(17-11-7-3)36-22-21-34(28)41-36/h13-14,19-26,43-44H,5-12,15-18H2,1-4H3/b25-13+,27-14+,32-28?,35-29?,36-30?,39-31?. The minimum atomic E-state index is 0.915. The minimum Gasteiger partial charge on any atom is -0.516 e. The zero-order valence-corrected chi connectivity index (χ0v) is 27.0. The smallest absolute Gasteiger partial charge is 0.0791 e. The molecule has 1 aromatic rings. The molecule has 0 amide bonds. The Morgan fingerprint density at radius 1 is 0.591 bits per heavy atom. The molecule has 5 nitrogen and oxygen atoms in total. The molecule has 230 valence electrons. The number of hydrogen-bond donors (Lipinski definition) is 2. The topological polar surface area (TPSA) is 73.1 Å². The van der Waals surface area contributed by atoms with Crippen molar-refractivity contribution in [2.24, 2.45) is 15.0 Å². The quantitative estimate of drug-likeness (QED) is 0.222. The third-order valence-corrected chi connectivity index (χ3v) is 8.73. The van der Waals surface area contributed by atoms with E-state index in [2.05, 4.69) is 75.2 Å². The summed E-state index contributed by atoms with van der Waals surface area (Å²) in [5.74, 6) is 0. The summed E-state index contributed by atoms with van der Waals surface area (Å²) in [4.78, 5) is 19.7. The van der Waals surface area contributed by atoms with E-state index < -0.39 is 0 Å². The molecule has 5 heteroatoms. The highest BCUT2D eigenvalue weighted by Crippen LogP contribution is 2.33. The molecule has 5 heterocycles. The Bertz CT molecular complexity index is 1690. The number of rotatable bonds is 13. The fourth-order valence-corrected chi connectivity index (χ4v) is 6.23. The Morgan fingerprint density at radius 2 is 1.02 bits per heavy atom. The molecule has 44 heavy (non-hydrogen) atoms. The van der Waals surface area contributed by atoms with E-state index >= 15 is 0 Å². The Labute approximate surface area is 263 Å². The van der Waals surface area contributed by atoms with Crippen LogP contribution < -0.4 is 10.6 Å². The lowest BCUT2D eigenvalue weighted by Crippen LogP contribution is -2.27. The van der Waals surface area contributed by atoms with Gasteiger partial charge in [0.05, 0.1) is 45.8 Å². The SMILES string of the molecule is CCCCC1=C2C=CC(=N2)C(CCCC)=C2C=CC(=N2)C(CCCC)=c2[nH]c(c/c2=C\C=C\O)C(CCCC)=C2C=CC1=N2. The molecule has 0 aromatic carbocycles. The molecule has 2 N–H and O–H groups in total. The molecule has 0 aliphatic carbocycles. The Hall–Kier alpha value is -3.99. The van der Waals surface area contributed by atoms with Gasteiger partial charge in [-0.25, -0.2) is 15.0 Å². The molecule has 0 radical (unpaired) electrons. The molecule has 0 saturated heterocycles. The molecule has 4 aliphatic rings. The number of hydrogen-bond acceptors (Lipinski definition) is 4. The van der Waals surface area contributed by atoms with E-state index in [4.69, 9.17) is 15.0 Å². The van der Waals surface area contributed by atoms with Gasteiger partial charge in [0.15, 0.2) is 0 Å². The molecule has 0 spiro atoms. The Morgan fingerprint density at radius 3 is 1.50 bits per heavy atom. The van der Waals surface area contributed by atoms with E-state index in [1.54, 1.807) is 6.08 Å². The summed E-state index contributed by atoms with van der Waals surface area (Å²) < 4.78 is 0. The van der Waals surface area contributed by atoms with Gasteiger partial charge in [-0.05, 0) is 106 Å². The maximum Gasteiger partial charge on any atom is 0.0791 e. The van der Waals surface area contributed by atoms with Gasteiger partial charge in [0, 0.05) is 33.2 Å². The maximum atomic E-state index is 9.58. The van der Waals surface area contributed by atoms with E-state index in [1.165, 1.54) is 22.3 Å². The number of nitrogens with zero attached hydrogens (tertiary/aromatic N) is 3. The van der Waals surface area contributed by atoms with E-state index in [0.29, 0.717) is 0 Å². The Kier molecular flexibility index (Phi) is 10.8. The van der Waals surface area contributed by atoms with Crippen molar-refractivity contribution in [3.8, 4) is 0 Å². The van der Waals surface area contributed by atoms with Crippen LogP contribution in [-0.2, 0) is 0 Å². The van der Waals surface area contributed by atoms with Gasteiger partial charge in [0.25, 0.3) is 0 Å². The van der Waals surface area contributed by atoms with Crippen LogP contribution in [0.5, 0.6) is 0 Å². The van der Waals surface area contributed by atoms with Crippen LogP contribution in [0.3, 0.4) is 0 Å². The molecule has 0 unspecified atom stereocenters. The fraction of sp³-hybridized carbons (Fsp3) is 0.410. The molecular weight excluding hydrogens is 540 g/mol. The molecule has 4 aliphatic heterocycles. The van der Waals surface area contributed by atoms with Gasteiger partial charge in [0.1, 0.15) is 0 Å². The predicted octanol–water partition coefficient (Wildman–Crippen LogP) is 9.04. The molecule has 0 fully saturated rings. The van der Waals surface area contributed by atoms with Gasteiger partial charge in [-0.15, -0.1) is 0 Å². The fourth-order valence-electron chi connectivity index (χ4n) is 6.23. The van der Waals surface area contributed by atoms with Crippen LogP contribution in [0.15, 0.2) is 98.1 Å². The molecular formula is C39H48N4O. The van der Waals surface area contributed by atoms with E-state index in [-0.39, 0.29) is 0 Å². The first-order chi connectivity index (χ1) is 21.6. The van der Waals surface area contributed by atoms with Crippen LogP contribution in [0.4, 0.5) is 0 Å². The third-order valence-electron chi connectivity index (χ3n) is 8.73. The van der Waals surface area contributed by atoms with Crippen LogP contribution in [0.2, 0.25) is 0 Å². The third kappa shape index (κ3) is 6.88. The second-order valence-electron chi connectivity index (χ2n) is 12.0. The van der Waals surface area contributed by atoms with E-state index in [0.717, 1.165) is 134 Å². The predicted molar refractivity (Wildman–Crippen MR) is 188 cm³/mol. The van der Waals surface area contributed by atoms with Gasteiger partial charge in [-0.1, -0.05) is 53.4 Å². The first-order valence-corrected chi connectivity index (χ1v) is 16.9. The van der Waals surface area contributed by atoms with Crippen molar-refractivity contribution in [1.29, 1.82) is 0 Å². The normalized spacial score (nSPS) is 18.1. The number of aromatic nitrogens is 1. The number of nitrogens with one attached hydrogen (secondary N) is 1. The summed E-state index contributed by atoms with van der Waals surface area (Å²) in [6.45, 7) is 8.95. The van der Waals surface area contributed by atoms with E-state index in [9.17, 15) is 5.11 Å². The van der Waals surface area contributed by atoms with Crippen molar-refractivity contribution in [3.05, 3.63) is 99.4 Å². The number of H-pyrrole nitrogens is 1. The number of aliphatic hydroxyl groups excluding tert-OH is 1. The number of fused-ring (bicyclic) bond motifs is 5. The van der Waals surface area contributed by atoms with Crippen molar-refractivity contribution in [2.45, 2.75) is 105 Å². The van der Waals surface area contributed by atoms with Crippen LogP contribution in [-0.4, -0.2) is 27.2 Å². The summed E-state index contributed by atoms with van der Waals surface area (Å²) in [7, 11) is 0.